The van der Waals surface area contributed by atoms with Crippen molar-refractivity contribution < 1.29 is 5.11 Å². The number of hydrogen-bond acceptors (Lipinski definition) is 3. The van der Waals surface area contributed by atoms with Gasteiger partial charge in [0.05, 0.1) is 5.69 Å². The third-order valence-corrected chi connectivity index (χ3v) is 4.11. The molecular weight excluding hydrogens is 248 g/mol. The van der Waals surface area contributed by atoms with Crippen LogP contribution in [0.2, 0.25) is 5.02 Å². The molecule has 0 bridgehead atoms. The molecule has 0 saturated carbocycles. The van der Waals surface area contributed by atoms with E-state index in [4.69, 9.17) is 11.6 Å². The molecule has 0 unspecified atom stereocenters. The van der Waals surface area contributed by atoms with E-state index in [9.17, 15) is 5.11 Å². The fourth-order valence-electron chi connectivity index (χ4n) is 2.89. The Kier molecular flexibility index (Phi) is 4.03. The van der Waals surface area contributed by atoms with Crippen molar-refractivity contribution in [3.63, 3.8) is 0 Å². The largest absolute Gasteiger partial charge is 0.506 e. The number of nitrogens with zero attached hydrogens (tertiary/aromatic N) is 2. The zero-order valence-corrected chi connectivity index (χ0v) is 12.0. The van der Waals surface area contributed by atoms with Crippen molar-refractivity contribution in [2.45, 2.75) is 19.4 Å². The number of benzene rings is 1. The van der Waals surface area contributed by atoms with Crippen molar-refractivity contribution in [1.82, 2.24) is 4.90 Å². The highest BCUT2D eigenvalue weighted by molar-refractivity contribution is 6.30. The van der Waals surface area contributed by atoms with Gasteiger partial charge in [-0.15, -0.1) is 0 Å². The number of anilines is 1. The van der Waals surface area contributed by atoms with Gasteiger partial charge < -0.3 is 14.9 Å². The van der Waals surface area contributed by atoms with Crippen LogP contribution in [0.4, 0.5) is 5.69 Å². The minimum Gasteiger partial charge on any atom is -0.506 e. The summed E-state index contributed by atoms with van der Waals surface area (Å²) in [7, 11) is 4.21. The van der Waals surface area contributed by atoms with Crippen molar-refractivity contribution >= 4 is 17.3 Å². The zero-order chi connectivity index (χ0) is 13.3. The van der Waals surface area contributed by atoms with Crippen LogP contribution in [-0.4, -0.2) is 43.2 Å². The normalized spacial score (nSPS) is 25.1. The number of phenols is 1. The van der Waals surface area contributed by atoms with E-state index in [2.05, 4.69) is 30.8 Å². The topological polar surface area (TPSA) is 26.7 Å². The number of piperidine rings is 1. The summed E-state index contributed by atoms with van der Waals surface area (Å²) in [6.07, 6.45) is 1.12. The van der Waals surface area contributed by atoms with Gasteiger partial charge >= 0.3 is 0 Å². The number of likely N-dealkylation sites (tertiary alicyclic amines) is 1. The van der Waals surface area contributed by atoms with Gasteiger partial charge in [0, 0.05) is 30.7 Å². The van der Waals surface area contributed by atoms with E-state index in [0.717, 1.165) is 25.2 Å². The van der Waals surface area contributed by atoms with Crippen LogP contribution < -0.4 is 4.90 Å². The highest BCUT2D eigenvalue weighted by Crippen LogP contribution is 2.33. The van der Waals surface area contributed by atoms with Crippen molar-refractivity contribution in [3.8, 4) is 5.75 Å². The van der Waals surface area contributed by atoms with E-state index in [1.54, 1.807) is 6.07 Å². The molecule has 1 N–H and O–H groups in total. The van der Waals surface area contributed by atoms with Gasteiger partial charge in [-0.1, -0.05) is 18.5 Å². The molecule has 1 aliphatic heterocycles. The number of phenolic OH excluding ortho intramolecular Hbond substituents is 1. The highest BCUT2D eigenvalue weighted by Gasteiger charge is 2.28. The molecule has 0 aromatic heterocycles. The second-order valence-electron chi connectivity index (χ2n) is 5.34. The van der Waals surface area contributed by atoms with Crippen LogP contribution in [0.1, 0.15) is 13.3 Å². The van der Waals surface area contributed by atoms with Crippen LogP contribution in [-0.2, 0) is 0 Å². The first-order valence-electron chi connectivity index (χ1n) is 6.39. The quantitative estimate of drug-likeness (QED) is 0.894. The summed E-state index contributed by atoms with van der Waals surface area (Å²) in [4.78, 5) is 4.54. The predicted octanol–water partition coefficient (Wildman–Crippen LogP) is 2.82. The molecule has 0 radical (unpaired) electrons. The lowest BCUT2D eigenvalue weighted by Gasteiger charge is -2.41. The Labute approximate surface area is 114 Å². The Bertz CT molecular complexity index is 424. The maximum absolute atomic E-state index is 9.99. The van der Waals surface area contributed by atoms with Gasteiger partial charge in [0.15, 0.2) is 0 Å². The molecule has 0 aliphatic carbocycles. The first-order chi connectivity index (χ1) is 8.49. The zero-order valence-electron chi connectivity index (χ0n) is 11.2. The van der Waals surface area contributed by atoms with Gasteiger partial charge in [-0.25, -0.2) is 0 Å². The van der Waals surface area contributed by atoms with E-state index in [1.165, 1.54) is 0 Å². The minimum atomic E-state index is 0.260. The lowest BCUT2D eigenvalue weighted by Crippen LogP contribution is -2.47. The molecule has 1 aliphatic rings. The molecule has 0 amide bonds. The third kappa shape index (κ3) is 2.73. The van der Waals surface area contributed by atoms with Crippen molar-refractivity contribution in [2.75, 3.05) is 32.1 Å². The van der Waals surface area contributed by atoms with Crippen molar-refractivity contribution in [1.29, 1.82) is 0 Å². The third-order valence-electron chi connectivity index (χ3n) is 3.88. The minimum absolute atomic E-state index is 0.260. The standard InChI is InChI=1S/C14H21ClN2O/c1-10-9-16(2)7-6-12(10)17(3)13-5-4-11(15)8-14(13)18/h4-5,8,10,12,18H,6-7,9H2,1-3H3/t10-,12-/m1/s1. The molecule has 1 heterocycles. The summed E-state index contributed by atoms with van der Waals surface area (Å²) in [5.41, 5.74) is 0.862. The Morgan fingerprint density at radius 1 is 1.44 bits per heavy atom. The van der Waals surface area contributed by atoms with E-state index >= 15 is 0 Å². The number of halogens is 1. The van der Waals surface area contributed by atoms with Gasteiger partial charge in [-0.05, 0) is 38.1 Å². The molecule has 2 atom stereocenters. The van der Waals surface area contributed by atoms with Gasteiger partial charge in [-0.3, -0.25) is 0 Å². The van der Waals surface area contributed by atoms with Crippen LogP contribution in [0.5, 0.6) is 5.75 Å². The second kappa shape index (κ2) is 5.37. The molecule has 1 saturated heterocycles. The fraction of sp³-hybridized carbons (Fsp3) is 0.571. The molecule has 4 heteroatoms. The van der Waals surface area contributed by atoms with Gasteiger partial charge in [0.2, 0.25) is 0 Å². The van der Waals surface area contributed by atoms with Crippen LogP contribution in [0.15, 0.2) is 18.2 Å². The van der Waals surface area contributed by atoms with Crippen LogP contribution in [0.3, 0.4) is 0 Å². The lowest BCUT2D eigenvalue weighted by molar-refractivity contribution is 0.193. The van der Waals surface area contributed by atoms with Gasteiger partial charge in [-0.2, -0.15) is 0 Å². The highest BCUT2D eigenvalue weighted by atomic mass is 35.5. The molecule has 0 spiro atoms. The van der Waals surface area contributed by atoms with Crippen LogP contribution >= 0.6 is 11.6 Å². The number of hydrogen-bond donors (Lipinski definition) is 1. The first-order valence-corrected chi connectivity index (χ1v) is 6.76. The fourth-order valence-corrected chi connectivity index (χ4v) is 3.06. The lowest BCUT2D eigenvalue weighted by atomic mass is 9.92. The molecular formula is C14H21ClN2O. The summed E-state index contributed by atoms with van der Waals surface area (Å²) in [5.74, 6) is 0.847. The number of rotatable bonds is 2. The molecule has 1 aromatic carbocycles. The van der Waals surface area contributed by atoms with E-state index in [-0.39, 0.29) is 5.75 Å². The monoisotopic (exact) mass is 268 g/mol. The summed E-state index contributed by atoms with van der Waals surface area (Å²) in [6, 6.07) is 5.79. The molecule has 1 fully saturated rings. The van der Waals surface area contributed by atoms with Crippen LogP contribution in [0.25, 0.3) is 0 Å². The first kappa shape index (κ1) is 13.5. The van der Waals surface area contributed by atoms with Gasteiger partial charge in [0.1, 0.15) is 5.75 Å². The Hall–Kier alpha value is -0.930. The Balaban J connectivity index is 2.17. The molecule has 3 nitrogen and oxygen atoms in total. The average molecular weight is 269 g/mol. The molecule has 2 rings (SSSR count). The van der Waals surface area contributed by atoms with Crippen LogP contribution in [0, 0.1) is 5.92 Å². The summed E-state index contributed by atoms with van der Waals surface area (Å²) < 4.78 is 0. The average Bonchev–Trinajstić information content (AvgIpc) is 2.28. The summed E-state index contributed by atoms with van der Waals surface area (Å²) >= 11 is 5.87. The maximum atomic E-state index is 9.99. The van der Waals surface area contributed by atoms with E-state index < -0.39 is 0 Å². The van der Waals surface area contributed by atoms with Gasteiger partial charge in [0.25, 0.3) is 0 Å². The second-order valence-corrected chi connectivity index (χ2v) is 5.78. The smallest absolute Gasteiger partial charge is 0.140 e. The Morgan fingerprint density at radius 3 is 2.78 bits per heavy atom. The number of aromatic hydroxyl groups is 1. The molecule has 100 valence electrons. The maximum Gasteiger partial charge on any atom is 0.140 e. The summed E-state index contributed by atoms with van der Waals surface area (Å²) in [5, 5.41) is 10.6. The Morgan fingerprint density at radius 2 is 2.17 bits per heavy atom. The summed E-state index contributed by atoms with van der Waals surface area (Å²) in [6.45, 7) is 4.47. The predicted molar refractivity (Wildman–Crippen MR) is 76.6 cm³/mol. The van der Waals surface area contributed by atoms with E-state index in [1.807, 2.05) is 12.1 Å². The van der Waals surface area contributed by atoms with Crippen molar-refractivity contribution in [3.05, 3.63) is 23.2 Å². The molecule has 1 aromatic rings. The molecule has 18 heavy (non-hydrogen) atoms. The van der Waals surface area contributed by atoms with Crippen molar-refractivity contribution in [2.24, 2.45) is 5.92 Å². The SMILES string of the molecule is C[C@@H]1CN(C)CC[C@H]1N(C)c1ccc(Cl)cc1O. The van der Waals surface area contributed by atoms with E-state index in [0.29, 0.717) is 17.0 Å².